The second kappa shape index (κ2) is 6.93. The van der Waals surface area contributed by atoms with E-state index in [4.69, 9.17) is 0 Å². The lowest BCUT2D eigenvalue weighted by Gasteiger charge is -2.25. The molecule has 0 aliphatic rings. The SMILES string of the molecule is CCNc1nc(NCC(O)(CC)CC)cc(C(F)(F)F)n1. The predicted molar refractivity (Wildman–Crippen MR) is 75.2 cm³/mol. The lowest BCUT2D eigenvalue weighted by atomic mass is 9.98. The highest BCUT2D eigenvalue weighted by Gasteiger charge is 2.34. The van der Waals surface area contributed by atoms with Crippen molar-refractivity contribution < 1.29 is 18.3 Å². The first-order valence-electron chi connectivity index (χ1n) is 6.90. The molecule has 0 amide bonds. The van der Waals surface area contributed by atoms with E-state index in [1.807, 2.05) is 13.8 Å². The third-order valence-corrected chi connectivity index (χ3v) is 3.27. The molecule has 0 aromatic carbocycles. The second-order valence-electron chi connectivity index (χ2n) is 4.78. The topological polar surface area (TPSA) is 70.1 Å². The van der Waals surface area contributed by atoms with Crippen LogP contribution < -0.4 is 10.6 Å². The standard InChI is InChI=1S/C13H21F3N4O/c1-4-12(21,5-2)8-18-10-7-9(13(14,15)16)19-11(20-10)17-6-3/h7,21H,4-6,8H2,1-3H3,(H2,17,18,19,20). The van der Waals surface area contributed by atoms with E-state index in [1.54, 1.807) is 6.92 Å². The summed E-state index contributed by atoms with van der Waals surface area (Å²) in [7, 11) is 0. The zero-order chi connectivity index (χ0) is 16.1. The fourth-order valence-electron chi connectivity index (χ4n) is 1.68. The van der Waals surface area contributed by atoms with Gasteiger partial charge in [0.2, 0.25) is 5.95 Å². The number of nitrogens with zero attached hydrogens (tertiary/aromatic N) is 2. The Morgan fingerprint density at radius 1 is 1.10 bits per heavy atom. The maximum absolute atomic E-state index is 12.8. The van der Waals surface area contributed by atoms with Gasteiger partial charge in [0.05, 0.1) is 5.60 Å². The molecular formula is C13H21F3N4O. The van der Waals surface area contributed by atoms with E-state index in [1.165, 1.54) is 0 Å². The first-order valence-corrected chi connectivity index (χ1v) is 6.90. The Balaban J connectivity index is 2.98. The van der Waals surface area contributed by atoms with Gasteiger partial charge in [0.15, 0.2) is 5.69 Å². The van der Waals surface area contributed by atoms with Crippen molar-refractivity contribution in [2.24, 2.45) is 0 Å². The number of anilines is 2. The van der Waals surface area contributed by atoms with Gasteiger partial charge in [-0.15, -0.1) is 0 Å². The van der Waals surface area contributed by atoms with Gasteiger partial charge in [-0.2, -0.15) is 18.2 Å². The smallest absolute Gasteiger partial charge is 0.388 e. The summed E-state index contributed by atoms with van der Waals surface area (Å²) in [6.07, 6.45) is -3.56. The molecule has 0 aliphatic carbocycles. The number of aromatic nitrogens is 2. The maximum atomic E-state index is 12.8. The van der Waals surface area contributed by atoms with Crippen LogP contribution in [0.4, 0.5) is 24.9 Å². The second-order valence-corrected chi connectivity index (χ2v) is 4.78. The molecule has 0 bridgehead atoms. The number of nitrogens with one attached hydrogen (secondary N) is 2. The van der Waals surface area contributed by atoms with Gasteiger partial charge in [-0.1, -0.05) is 13.8 Å². The van der Waals surface area contributed by atoms with Crippen LogP contribution in [-0.2, 0) is 6.18 Å². The fraction of sp³-hybridized carbons (Fsp3) is 0.692. The van der Waals surface area contributed by atoms with Crippen LogP contribution in [0, 0.1) is 0 Å². The average molecular weight is 306 g/mol. The third-order valence-electron chi connectivity index (χ3n) is 3.27. The molecule has 120 valence electrons. The normalized spacial score (nSPS) is 12.3. The van der Waals surface area contributed by atoms with Crippen LogP contribution in [0.15, 0.2) is 6.07 Å². The molecule has 3 N–H and O–H groups in total. The summed E-state index contributed by atoms with van der Waals surface area (Å²) < 4.78 is 38.4. The highest BCUT2D eigenvalue weighted by atomic mass is 19.4. The van der Waals surface area contributed by atoms with E-state index in [0.29, 0.717) is 19.4 Å². The molecule has 1 aromatic rings. The molecule has 1 aromatic heterocycles. The van der Waals surface area contributed by atoms with Crippen molar-refractivity contribution in [3.63, 3.8) is 0 Å². The van der Waals surface area contributed by atoms with Crippen LogP contribution in [0.1, 0.15) is 39.3 Å². The third kappa shape index (κ3) is 5.04. The molecular weight excluding hydrogens is 285 g/mol. The van der Waals surface area contributed by atoms with E-state index in [0.717, 1.165) is 6.07 Å². The zero-order valence-electron chi connectivity index (χ0n) is 12.4. The minimum absolute atomic E-state index is 0.0357. The Morgan fingerprint density at radius 3 is 2.19 bits per heavy atom. The molecule has 8 heteroatoms. The van der Waals surface area contributed by atoms with Gasteiger partial charge in [0.1, 0.15) is 5.82 Å². The number of alkyl halides is 3. The van der Waals surface area contributed by atoms with Crippen LogP contribution in [0.5, 0.6) is 0 Å². The molecule has 0 aliphatic heterocycles. The van der Waals surface area contributed by atoms with E-state index < -0.39 is 17.5 Å². The summed E-state index contributed by atoms with van der Waals surface area (Å²) >= 11 is 0. The monoisotopic (exact) mass is 306 g/mol. The minimum atomic E-state index is -4.55. The van der Waals surface area contributed by atoms with Gasteiger partial charge >= 0.3 is 6.18 Å². The molecule has 5 nitrogen and oxygen atoms in total. The predicted octanol–water partition coefficient (Wildman–Crippen LogP) is 2.89. The van der Waals surface area contributed by atoms with Gasteiger partial charge in [-0.3, -0.25) is 0 Å². The molecule has 1 heterocycles. The van der Waals surface area contributed by atoms with E-state index in [-0.39, 0.29) is 18.3 Å². The van der Waals surface area contributed by atoms with E-state index in [9.17, 15) is 18.3 Å². The number of hydrogen-bond acceptors (Lipinski definition) is 5. The van der Waals surface area contributed by atoms with Gasteiger partial charge in [-0.25, -0.2) is 4.98 Å². The van der Waals surface area contributed by atoms with Crippen molar-refractivity contribution >= 4 is 11.8 Å². The van der Waals surface area contributed by atoms with Crippen molar-refractivity contribution in [1.82, 2.24) is 9.97 Å². The van der Waals surface area contributed by atoms with Crippen LogP contribution in [-0.4, -0.2) is 33.8 Å². The van der Waals surface area contributed by atoms with Crippen LogP contribution >= 0.6 is 0 Å². The molecule has 0 radical (unpaired) electrons. The minimum Gasteiger partial charge on any atom is -0.388 e. The Morgan fingerprint density at radius 2 is 1.71 bits per heavy atom. The van der Waals surface area contributed by atoms with Gasteiger partial charge in [-0.05, 0) is 19.8 Å². The Kier molecular flexibility index (Phi) is 5.77. The molecule has 0 fully saturated rings. The van der Waals surface area contributed by atoms with Crippen molar-refractivity contribution in [1.29, 1.82) is 0 Å². The molecule has 0 spiro atoms. The number of hydrogen-bond donors (Lipinski definition) is 3. The van der Waals surface area contributed by atoms with Gasteiger partial charge in [0, 0.05) is 19.2 Å². The number of aliphatic hydroxyl groups is 1. The highest BCUT2D eigenvalue weighted by Crippen LogP contribution is 2.29. The lowest BCUT2D eigenvalue weighted by Crippen LogP contribution is -2.35. The Hall–Kier alpha value is -1.57. The molecule has 1 rings (SSSR count). The Bertz CT molecular complexity index is 461. The summed E-state index contributed by atoms with van der Waals surface area (Å²) in [4.78, 5) is 7.39. The van der Waals surface area contributed by atoms with Crippen LogP contribution in [0.25, 0.3) is 0 Å². The first-order chi connectivity index (χ1) is 9.74. The van der Waals surface area contributed by atoms with Crippen LogP contribution in [0.2, 0.25) is 0 Å². The quantitative estimate of drug-likeness (QED) is 0.722. The summed E-state index contributed by atoms with van der Waals surface area (Å²) in [6, 6.07) is 0.840. The molecule has 0 saturated carbocycles. The van der Waals surface area contributed by atoms with Crippen molar-refractivity contribution in [3.05, 3.63) is 11.8 Å². The Labute approximate surface area is 122 Å². The largest absolute Gasteiger partial charge is 0.433 e. The highest BCUT2D eigenvalue weighted by molar-refractivity contribution is 5.43. The molecule has 21 heavy (non-hydrogen) atoms. The van der Waals surface area contributed by atoms with Gasteiger partial charge < -0.3 is 15.7 Å². The van der Waals surface area contributed by atoms with Crippen molar-refractivity contribution in [2.75, 3.05) is 23.7 Å². The summed E-state index contributed by atoms with van der Waals surface area (Å²) in [6.45, 7) is 5.91. The lowest BCUT2D eigenvalue weighted by molar-refractivity contribution is -0.141. The molecule has 0 unspecified atom stereocenters. The maximum Gasteiger partial charge on any atom is 0.433 e. The van der Waals surface area contributed by atoms with Crippen molar-refractivity contribution in [3.8, 4) is 0 Å². The fourth-order valence-corrected chi connectivity index (χ4v) is 1.68. The van der Waals surface area contributed by atoms with Crippen LogP contribution in [0.3, 0.4) is 0 Å². The van der Waals surface area contributed by atoms with Crippen molar-refractivity contribution in [2.45, 2.75) is 45.4 Å². The van der Waals surface area contributed by atoms with E-state index in [2.05, 4.69) is 20.6 Å². The zero-order valence-corrected chi connectivity index (χ0v) is 12.4. The number of halogens is 3. The summed E-state index contributed by atoms with van der Waals surface area (Å²) in [5.74, 6) is -0.0556. The summed E-state index contributed by atoms with van der Waals surface area (Å²) in [5.41, 5.74) is -1.99. The molecule has 0 saturated heterocycles. The van der Waals surface area contributed by atoms with E-state index >= 15 is 0 Å². The number of rotatable bonds is 7. The van der Waals surface area contributed by atoms with Gasteiger partial charge in [0.25, 0.3) is 0 Å². The summed E-state index contributed by atoms with van der Waals surface area (Å²) in [5, 5.41) is 15.6. The first kappa shape index (κ1) is 17.5. The average Bonchev–Trinajstić information content (AvgIpc) is 2.44. The molecule has 0 atom stereocenters.